The summed E-state index contributed by atoms with van der Waals surface area (Å²) in [6.07, 6.45) is 5.12. The first kappa shape index (κ1) is 24.6. The molecule has 3 aromatic rings. The minimum absolute atomic E-state index is 0.169. The minimum atomic E-state index is -0.628. The van der Waals surface area contributed by atoms with Gasteiger partial charge in [-0.25, -0.2) is 4.39 Å². The molecule has 2 N–H and O–H groups in total. The second-order valence-electron chi connectivity index (χ2n) is 8.03. The summed E-state index contributed by atoms with van der Waals surface area (Å²) in [5.74, 6) is -1.19. The lowest BCUT2D eigenvalue weighted by molar-refractivity contribution is -0.118. The highest BCUT2D eigenvalue weighted by Gasteiger charge is 2.23. The van der Waals surface area contributed by atoms with Gasteiger partial charge in [0, 0.05) is 16.1 Å². The maximum Gasteiger partial charge on any atom is 0.266 e. The number of ether oxygens (including phenoxy) is 1. The first-order valence-corrected chi connectivity index (χ1v) is 12.0. The van der Waals surface area contributed by atoms with Gasteiger partial charge in [-0.15, -0.1) is 11.3 Å². The number of nitriles is 2. The van der Waals surface area contributed by atoms with E-state index in [9.17, 15) is 24.5 Å². The molecule has 1 aliphatic carbocycles. The summed E-state index contributed by atoms with van der Waals surface area (Å²) in [6.45, 7) is -0.331. The number of carbonyl (C=O) groups excluding carboxylic acids is 2. The predicted octanol–water partition coefficient (Wildman–Crippen LogP) is 5.20. The molecule has 0 aliphatic heterocycles. The molecule has 9 heteroatoms. The van der Waals surface area contributed by atoms with Crippen molar-refractivity contribution in [3.63, 3.8) is 0 Å². The monoisotopic (exact) mass is 500 g/mol. The Morgan fingerprint density at radius 2 is 1.81 bits per heavy atom. The van der Waals surface area contributed by atoms with Crippen LogP contribution in [-0.2, 0) is 22.4 Å². The van der Waals surface area contributed by atoms with Gasteiger partial charge in [-0.3, -0.25) is 9.59 Å². The Kier molecular flexibility index (Phi) is 7.74. The minimum Gasteiger partial charge on any atom is -0.483 e. The third-order valence-electron chi connectivity index (χ3n) is 5.58. The number of para-hydroxylation sites is 1. The van der Waals surface area contributed by atoms with Crippen LogP contribution in [0.5, 0.6) is 5.75 Å². The molecule has 180 valence electrons. The van der Waals surface area contributed by atoms with E-state index in [2.05, 4.69) is 16.7 Å². The van der Waals surface area contributed by atoms with Crippen molar-refractivity contribution in [2.75, 3.05) is 17.2 Å². The number of anilines is 2. The quantitative estimate of drug-likeness (QED) is 0.342. The predicted molar refractivity (Wildman–Crippen MR) is 135 cm³/mol. The molecule has 0 atom stereocenters. The van der Waals surface area contributed by atoms with E-state index >= 15 is 0 Å². The molecule has 1 aromatic heterocycles. The SMILES string of the molecule is N#C/C(=C\c1ccccc1OCC(=O)Nc1ccc(F)cc1)C(=O)Nc1sc2c(c1C#N)CCCC2. The number of hydrogen-bond donors (Lipinski definition) is 2. The molecule has 0 spiro atoms. The van der Waals surface area contributed by atoms with Gasteiger partial charge < -0.3 is 15.4 Å². The van der Waals surface area contributed by atoms with Gasteiger partial charge in [0.05, 0.1) is 5.56 Å². The fourth-order valence-corrected chi connectivity index (χ4v) is 5.09. The number of benzene rings is 2. The number of fused-ring (bicyclic) bond motifs is 1. The van der Waals surface area contributed by atoms with Gasteiger partial charge in [-0.1, -0.05) is 18.2 Å². The summed E-state index contributed by atoms with van der Waals surface area (Å²) < 4.78 is 18.7. The Hall–Kier alpha value is -4.47. The molecule has 7 nitrogen and oxygen atoms in total. The van der Waals surface area contributed by atoms with Crippen molar-refractivity contribution in [2.24, 2.45) is 0 Å². The van der Waals surface area contributed by atoms with Crippen LogP contribution in [-0.4, -0.2) is 18.4 Å². The Balaban J connectivity index is 1.47. The van der Waals surface area contributed by atoms with Crippen LogP contribution in [0.1, 0.15) is 34.4 Å². The van der Waals surface area contributed by atoms with Crippen LogP contribution in [0.4, 0.5) is 15.1 Å². The van der Waals surface area contributed by atoms with E-state index in [0.717, 1.165) is 36.1 Å². The summed E-state index contributed by atoms with van der Waals surface area (Å²) in [6, 6.07) is 16.1. The average Bonchev–Trinajstić information content (AvgIpc) is 3.24. The van der Waals surface area contributed by atoms with Crippen molar-refractivity contribution in [3.8, 4) is 17.9 Å². The van der Waals surface area contributed by atoms with E-state index in [0.29, 0.717) is 27.6 Å². The highest BCUT2D eigenvalue weighted by molar-refractivity contribution is 7.16. The number of carbonyl (C=O) groups is 2. The van der Waals surface area contributed by atoms with Gasteiger partial charge in [0.25, 0.3) is 11.8 Å². The molecule has 1 aliphatic rings. The van der Waals surface area contributed by atoms with E-state index in [-0.39, 0.29) is 12.2 Å². The van der Waals surface area contributed by atoms with Gasteiger partial charge in [0.2, 0.25) is 0 Å². The van der Waals surface area contributed by atoms with Crippen molar-refractivity contribution in [1.29, 1.82) is 10.5 Å². The van der Waals surface area contributed by atoms with Gasteiger partial charge in [0.1, 0.15) is 34.3 Å². The Bertz CT molecular complexity index is 1410. The topological polar surface area (TPSA) is 115 Å². The van der Waals surface area contributed by atoms with Gasteiger partial charge in [-0.05, 0) is 67.7 Å². The summed E-state index contributed by atoms with van der Waals surface area (Å²) >= 11 is 1.38. The third kappa shape index (κ3) is 5.77. The fourth-order valence-electron chi connectivity index (χ4n) is 3.85. The molecule has 0 saturated heterocycles. The smallest absolute Gasteiger partial charge is 0.266 e. The normalized spacial score (nSPS) is 12.6. The van der Waals surface area contributed by atoms with Crippen LogP contribution in [0.2, 0.25) is 0 Å². The standard InChI is InChI=1S/C27H21FN4O3S/c28-19-9-11-20(12-10-19)31-25(33)16-35-23-7-3-1-5-17(23)13-18(14-29)26(34)32-27-22(15-30)21-6-2-4-8-24(21)36-27/h1,3,5,7,9-13H,2,4,6,8,16H2,(H,31,33)(H,32,34)/b18-13+. The van der Waals surface area contributed by atoms with Gasteiger partial charge in [-0.2, -0.15) is 10.5 Å². The molecule has 0 unspecified atom stereocenters. The maximum absolute atomic E-state index is 13.0. The molecule has 2 aromatic carbocycles. The second kappa shape index (κ2) is 11.3. The Labute approximate surface area is 211 Å². The molecule has 0 bridgehead atoms. The lowest BCUT2D eigenvalue weighted by atomic mass is 9.96. The second-order valence-corrected chi connectivity index (χ2v) is 9.14. The van der Waals surface area contributed by atoms with E-state index in [1.54, 1.807) is 24.3 Å². The number of rotatable bonds is 7. The zero-order chi connectivity index (χ0) is 25.5. The largest absolute Gasteiger partial charge is 0.483 e. The zero-order valence-electron chi connectivity index (χ0n) is 19.1. The molecule has 1 heterocycles. The van der Waals surface area contributed by atoms with Gasteiger partial charge in [0.15, 0.2) is 6.61 Å². The van der Waals surface area contributed by atoms with Crippen molar-refractivity contribution in [2.45, 2.75) is 25.7 Å². The number of amides is 2. The van der Waals surface area contributed by atoms with Crippen LogP contribution >= 0.6 is 11.3 Å². The van der Waals surface area contributed by atoms with Crippen LogP contribution in [0.25, 0.3) is 6.08 Å². The molecule has 0 radical (unpaired) electrons. The molecule has 0 saturated carbocycles. The van der Waals surface area contributed by atoms with Crippen LogP contribution < -0.4 is 15.4 Å². The third-order valence-corrected chi connectivity index (χ3v) is 6.79. The number of aryl methyl sites for hydroxylation is 1. The van der Waals surface area contributed by atoms with Crippen LogP contribution in [0, 0.1) is 28.5 Å². The molecular weight excluding hydrogens is 479 g/mol. The number of halogens is 1. The van der Waals surface area contributed by atoms with E-state index < -0.39 is 17.6 Å². The lowest BCUT2D eigenvalue weighted by Gasteiger charge is -2.10. The zero-order valence-corrected chi connectivity index (χ0v) is 20.0. The molecular formula is C27H21FN4O3S. The highest BCUT2D eigenvalue weighted by Crippen LogP contribution is 2.37. The Morgan fingerprint density at radius 1 is 1.06 bits per heavy atom. The highest BCUT2D eigenvalue weighted by atomic mass is 32.1. The summed E-state index contributed by atoms with van der Waals surface area (Å²) in [4.78, 5) is 26.2. The van der Waals surface area contributed by atoms with Crippen molar-refractivity contribution >= 4 is 39.9 Å². The lowest BCUT2D eigenvalue weighted by Crippen LogP contribution is -2.20. The van der Waals surface area contributed by atoms with Crippen molar-refractivity contribution < 1.29 is 18.7 Å². The van der Waals surface area contributed by atoms with Crippen molar-refractivity contribution in [3.05, 3.63) is 81.5 Å². The fraction of sp³-hybridized carbons (Fsp3) is 0.185. The first-order chi connectivity index (χ1) is 17.5. The number of nitrogens with zero attached hydrogens (tertiary/aromatic N) is 2. The van der Waals surface area contributed by atoms with E-state index in [1.807, 2.05) is 6.07 Å². The summed E-state index contributed by atoms with van der Waals surface area (Å²) in [5.41, 5.74) is 2.15. The molecule has 0 fully saturated rings. The molecule has 2 amide bonds. The first-order valence-electron chi connectivity index (χ1n) is 11.2. The van der Waals surface area contributed by atoms with Crippen molar-refractivity contribution in [1.82, 2.24) is 0 Å². The van der Waals surface area contributed by atoms with E-state index in [1.165, 1.54) is 41.7 Å². The average molecular weight is 501 g/mol. The summed E-state index contributed by atoms with van der Waals surface area (Å²) in [5, 5.41) is 25.0. The number of hydrogen-bond acceptors (Lipinski definition) is 6. The van der Waals surface area contributed by atoms with Crippen LogP contribution in [0.3, 0.4) is 0 Å². The summed E-state index contributed by atoms with van der Waals surface area (Å²) in [7, 11) is 0. The van der Waals surface area contributed by atoms with E-state index in [4.69, 9.17) is 4.74 Å². The molecule has 4 rings (SSSR count). The maximum atomic E-state index is 13.0. The molecule has 36 heavy (non-hydrogen) atoms. The number of thiophene rings is 1. The van der Waals surface area contributed by atoms with Gasteiger partial charge >= 0.3 is 0 Å². The van der Waals surface area contributed by atoms with Crippen LogP contribution in [0.15, 0.2) is 54.1 Å². The number of nitrogens with one attached hydrogen (secondary N) is 2. The Morgan fingerprint density at radius 3 is 2.56 bits per heavy atom.